The van der Waals surface area contributed by atoms with Crippen LogP contribution < -0.4 is 0 Å². The van der Waals surface area contributed by atoms with Crippen molar-refractivity contribution in [2.24, 2.45) is 0 Å². The molecule has 0 bridgehead atoms. The molecule has 3 nitrogen and oxygen atoms in total. The molecule has 2 unspecified atom stereocenters. The second-order valence-corrected chi connectivity index (χ2v) is 5.07. The normalized spacial score (nSPS) is 26.6. The van der Waals surface area contributed by atoms with E-state index in [0.717, 1.165) is 18.5 Å². The molecule has 2 atom stereocenters. The van der Waals surface area contributed by atoms with Gasteiger partial charge in [0, 0.05) is 19.6 Å². The molecule has 0 radical (unpaired) electrons. The number of aliphatic hydroxyl groups is 1. The van der Waals surface area contributed by atoms with Gasteiger partial charge in [0.25, 0.3) is 0 Å². The van der Waals surface area contributed by atoms with Crippen LogP contribution in [0.15, 0.2) is 30.3 Å². The highest BCUT2D eigenvalue weighted by molar-refractivity contribution is 5.25. The van der Waals surface area contributed by atoms with Gasteiger partial charge in [-0.3, -0.25) is 4.90 Å². The van der Waals surface area contributed by atoms with Crippen LogP contribution in [-0.4, -0.2) is 35.2 Å². The van der Waals surface area contributed by atoms with E-state index in [-0.39, 0.29) is 5.92 Å². The molecular formula is C14H18N2O. The molecule has 0 aliphatic carbocycles. The summed E-state index contributed by atoms with van der Waals surface area (Å²) in [6, 6.07) is 12.2. The molecule has 0 spiro atoms. The van der Waals surface area contributed by atoms with Crippen LogP contribution in [0.3, 0.4) is 0 Å². The van der Waals surface area contributed by atoms with Gasteiger partial charge in [-0.2, -0.15) is 5.26 Å². The molecule has 1 aliphatic rings. The average molecular weight is 230 g/mol. The fourth-order valence-electron chi connectivity index (χ4n) is 2.36. The molecule has 3 heteroatoms. The molecule has 1 fully saturated rings. The molecule has 1 saturated heterocycles. The first-order chi connectivity index (χ1) is 8.11. The molecule has 1 aromatic carbocycles. The van der Waals surface area contributed by atoms with E-state index in [2.05, 4.69) is 11.0 Å². The largest absolute Gasteiger partial charge is 0.389 e. The van der Waals surface area contributed by atoms with Gasteiger partial charge in [-0.15, -0.1) is 0 Å². The van der Waals surface area contributed by atoms with Crippen LogP contribution in [0.1, 0.15) is 24.8 Å². The van der Waals surface area contributed by atoms with Crippen molar-refractivity contribution in [3.8, 4) is 6.07 Å². The third-order valence-electron chi connectivity index (χ3n) is 3.33. The minimum Gasteiger partial charge on any atom is -0.389 e. The highest BCUT2D eigenvalue weighted by atomic mass is 16.3. The van der Waals surface area contributed by atoms with Crippen LogP contribution in [0, 0.1) is 11.3 Å². The Hall–Kier alpha value is -1.37. The smallest absolute Gasteiger partial charge is 0.0839 e. The van der Waals surface area contributed by atoms with E-state index in [0.29, 0.717) is 13.1 Å². The van der Waals surface area contributed by atoms with E-state index in [1.165, 1.54) is 0 Å². The maximum absolute atomic E-state index is 9.90. The zero-order valence-electron chi connectivity index (χ0n) is 10.1. The summed E-state index contributed by atoms with van der Waals surface area (Å²) in [5.41, 5.74) is 0.470. The van der Waals surface area contributed by atoms with E-state index in [1.54, 1.807) is 0 Å². The quantitative estimate of drug-likeness (QED) is 0.860. The van der Waals surface area contributed by atoms with Gasteiger partial charge in [0.05, 0.1) is 17.6 Å². The molecule has 1 N–H and O–H groups in total. The lowest BCUT2D eigenvalue weighted by Crippen LogP contribution is -2.32. The van der Waals surface area contributed by atoms with E-state index in [4.69, 9.17) is 0 Å². The molecule has 90 valence electrons. The zero-order chi connectivity index (χ0) is 12.3. The van der Waals surface area contributed by atoms with Crippen molar-refractivity contribution in [1.82, 2.24) is 4.90 Å². The van der Waals surface area contributed by atoms with E-state index in [9.17, 15) is 10.4 Å². The summed E-state index contributed by atoms with van der Waals surface area (Å²) in [5, 5.41) is 19.1. The fourth-order valence-corrected chi connectivity index (χ4v) is 2.36. The molecule has 2 rings (SSSR count). The van der Waals surface area contributed by atoms with Gasteiger partial charge < -0.3 is 5.11 Å². The van der Waals surface area contributed by atoms with Gasteiger partial charge in [0.15, 0.2) is 0 Å². The maximum Gasteiger partial charge on any atom is 0.0839 e. The summed E-state index contributed by atoms with van der Waals surface area (Å²) in [6.07, 6.45) is 0.792. The number of β-amino-alcohol motifs (C(OH)–C–C–N with tert-alkyl or cyclic N) is 1. The van der Waals surface area contributed by atoms with Gasteiger partial charge in [-0.05, 0) is 18.9 Å². The summed E-state index contributed by atoms with van der Waals surface area (Å²) in [6.45, 7) is 4.10. The predicted octanol–water partition coefficient (Wildman–Crippen LogP) is 1.75. The summed E-state index contributed by atoms with van der Waals surface area (Å²) in [4.78, 5) is 2.17. The molecule has 0 aromatic heterocycles. The minimum atomic E-state index is -0.587. The highest BCUT2D eigenvalue weighted by Crippen LogP contribution is 2.24. The van der Waals surface area contributed by atoms with Crippen molar-refractivity contribution in [2.75, 3.05) is 19.6 Å². The summed E-state index contributed by atoms with van der Waals surface area (Å²) in [5.74, 6) is -0.106. The number of nitriles is 1. The van der Waals surface area contributed by atoms with Gasteiger partial charge >= 0.3 is 0 Å². The Labute approximate surface area is 102 Å². The molecular weight excluding hydrogens is 212 g/mol. The standard InChI is InChI=1S/C14H18N2O/c1-14(17)7-8-16(11-14)10-13(9-15)12-5-3-2-4-6-12/h2-6,13,17H,7-8,10-11H2,1H3. The Bertz CT molecular complexity index is 408. The van der Waals surface area contributed by atoms with Crippen LogP contribution in [0.4, 0.5) is 0 Å². The number of hydrogen-bond donors (Lipinski definition) is 1. The lowest BCUT2D eigenvalue weighted by atomic mass is 10.0. The van der Waals surface area contributed by atoms with Crippen molar-refractivity contribution in [1.29, 1.82) is 5.26 Å². The third-order valence-corrected chi connectivity index (χ3v) is 3.33. The summed E-state index contributed by atoms with van der Waals surface area (Å²) < 4.78 is 0. The van der Waals surface area contributed by atoms with Crippen molar-refractivity contribution in [3.05, 3.63) is 35.9 Å². The molecule has 1 aliphatic heterocycles. The molecule has 0 amide bonds. The van der Waals surface area contributed by atoms with E-state index < -0.39 is 5.60 Å². The second kappa shape index (κ2) is 4.87. The van der Waals surface area contributed by atoms with Crippen LogP contribution in [0.5, 0.6) is 0 Å². The predicted molar refractivity (Wildman–Crippen MR) is 66.5 cm³/mol. The summed E-state index contributed by atoms with van der Waals surface area (Å²) in [7, 11) is 0. The van der Waals surface area contributed by atoms with Crippen molar-refractivity contribution < 1.29 is 5.11 Å². The van der Waals surface area contributed by atoms with Gasteiger partial charge in [-0.25, -0.2) is 0 Å². The van der Waals surface area contributed by atoms with Crippen LogP contribution in [0.2, 0.25) is 0 Å². The average Bonchev–Trinajstić information content (AvgIpc) is 2.67. The van der Waals surface area contributed by atoms with Crippen LogP contribution in [0.25, 0.3) is 0 Å². The SMILES string of the molecule is CC1(O)CCN(CC(C#N)c2ccccc2)C1. The Morgan fingerprint density at radius 1 is 1.47 bits per heavy atom. The van der Waals surface area contributed by atoms with Crippen molar-refractivity contribution in [2.45, 2.75) is 24.9 Å². The lowest BCUT2D eigenvalue weighted by molar-refractivity contribution is 0.0686. The van der Waals surface area contributed by atoms with E-state index in [1.807, 2.05) is 37.3 Å². The topological polar surface area (TPSA) is 47.3 Å². The zero-order valence-corrected chi connectivity index (χ0v) is 10.1. The van der Waals surface area contributed by atoms with Crippen LogP contribution >= 0.6 is 0 Å². The van der Waals surface area contributed by atoms with Crippen molar-refractivity contribution >= 4 is 0 Å². The molecule has 17 heavy (non-hydrogen) atoms. The van der Waals surface area contributed by atoms with Gasteiger partial charge in [0.2, 0.25) is 0 Å². The Morgan fingerprint density at radius 2 is 2.18 bits per heavy atom. The van der Waals surface area contributed by atoms with E-state index >= 15 is 0 Å². The number of rotatable bonds is 3. The number of benzene rings is 1. The fraction of sp³-hybridized carbons (Fsp3) is 0.500. The first kappa shape index (κ1) is 12.1. The molecule has 1 aromatic rings. The third kappa shape index (κ3) is 3.06. The number of hydrogen-bond acceptors (Lipinski definition) is 3. The lowest BCUT2D eigenvalue weighted by Gasteiger charge is -2.21. The Morgan fingerprint density at radius 3 is 2.71 bits per heavy atom. The maximum atomic E-state index is 9.90. The Kier molecular flexibility index (Phi) is 3.46. The van der Waals surface area contributed by atoms with Gasteiger partial charge in [-0.1, -0.05) is 30.3 Å². The number of nitrogens with zero attached hydrogens (tertiary/aromatic N) is 2. The van der Waals surface area contributed by atoms with Crippen molar-refractivity contribution in [3.63, 3.8) is 0 Å². The minimum absolute atomic E-state index is 0.106. The second-order valence-electron chi connectivity index (χ2n) is 5.07. The molecule has 0 saturated carbocycles. The summed E-state index contributed by atoms with van der Waals surface area (Å²) >= 11 is 0. The first-order valence-electron chi connectivity index (χ1n) is 6.00. The number of likely N-dealkylation sites (tertiary alicyclic amines) is 1. The Balaban J connectivity index is 2.01. The monoisotopic (exact) mass is 230 g/mol. The van der Waals surface area contributed by atoms with Gasteiger partial charge in [0.1, 0.15) is 0 Å². The highest BCUT2D eigenvalue weighted by Gasteiger charge is 2.32. The molecule has 1 heterocycles. The first-order valence-corrected chi connectivity index (χ1v) is 6.00. The van der Waals surface area contributed by atoms with Crippen LogP contribution in [-0.2, 0) is 0 Å².